The summed E-state index contributed by atoms with van der Waals surface area (Å²) in [5.41, 5.74) is 0.106. The van der Waals surface area contributed by atoms with Gasteiger partial charge in [0, 0.05) is 5.39 Å². The van der Waals surface area contributed by atoms with E-state index in [1.807, 2.05) is 0 Å². The Balaban J connectivity index is 2.93. The lowest BCUT2D eigenvalue weighted by Gasteiger charge is -2.09. The number of pyridine rings is 1. The molecule has 0 atom stereocenters. The number of nitrogens with zero attached hydrogens (tertiary/aromatic N) is 3. The van der Waals surface area contributed by atoms with Gasteiger partial charge in [0.05, 0.1) is 17.7 Å². The second-order valence-electron chi connectivity index (χ2n) is 4.04. The monoisotopic (exact) mass is 315 g/mol. The van der Waals surface area contributed by atoms with Gasteiger partial charge < -0.3 is 0 Å². The van der Waals surface area contributed by atoms with Gasteiger partial charge in [0.25, 0.3) is 0 Å². The van der Waals surface area contributed by atoms with Crippen molar-refractivity contribution in [2.75, 3.05) is 11.5 Å². The SMILES string of the molecule is CCS(=O)(=O)c1cc2ccnnc2nc1S(=O)(=O)CC. The summed E-state index contributed by atoms with van der Waals surface area (Å²) < 4.78 is 48.3. The topological polar surface area (TPSA) is 107 Å². The lowest BCUT2D eigenvalue weighted by atomic mass is 10.3. The fourth-order valence-electron chi connectivity index (χ4n) is 1.63. The minimum atomic E-state index is -3.77. The van der Waals surface area contributed by atoms with Crippen LogP contribution in [0.2, 0.25) is 0 Å². The Hall–Kier alpha value is -1.61. The zero-order chi connectivity index (χ0) is 15.0. The van der Waals surface area contributed by atoms with Gasteiger partial charge in [-0.1, -0.05) is 13.8 Å². The molecule has 0 unspecified atom stereocenters. The largest absolute Gasteiger partial charge is 0.224 e. The first-order chi connectivity index (χ1) is 9.31. The summed E-state index contributed by atoms with van der Waals surface area (Å²) >= 11 is 0. The molecule has 108 valence electrons. The third-order valence-corrected chi connectivity index (χ3v) is 6.36. The molecule has 20 heavy (non-hydrogen) atoms. The van der Waals surface area contributed by atoms with Crippen LogP contribution in [0.15, 0.2) is 28.3 Å². The molecule has 0 aliphatic heterocycles. The van der Waals surface area contributed by atoms with Gasteiger partial charge in [-0.2, -0.15) is 5.10 Å². The number of rotatable bonds is 4. The molecule has 9 heteroatoms. The lowest BCUT2D eigenvalue weighted by Crippen LogP contribution is -2.15. The van der Waals surface area contributed by atoms with Crippen molar-refractivity contribution in [1.82, 2.24) is 15.2 Å². The molecule has 2 aromatic heterocycles. The fourth-order valence-corrected chi connectivity index (χ4v) is 4.18. The van der Waals surface area contributed by atoms with Gasteiger partial charge in [-0.3, -0.25) is 0 Å². The Kier molecular flexibility index (Phi) is 3.74. The van der Waals surface area contributed by atoms with E-state index >= 15 is 0 Å². The maximum absolute atomic E-state index is 12.1. The number of aromatic nitrogens is 3. The quantitative estimate of drug-likeness (QED) is 0.813. The molecule has 0 amide bonds. The Morgan fingerprint density at radius 1 is 1.05 bits per heavy atom. The second-order valence-corrected chi connectivity index (χ2v) is 8.48. The van der Waals surface area contributed by atoms with Crippen molar-refractivity contribution in [3.8, 4) is 0 Å². The average Bonchev–Trinajstić information content (AvgIpc) is 2.45. The first-order valence-electron chi connectivity index (χ1n) is 5.89. The standard InChI is InChI=1S/C11H13N3O4S2/c1-3-19(15,16)9-7-8-5-6-12-14-10(8)13-11(9)20(17,18)4-2/h5-7H,3-4H2,1-2H3. The van der Waals surface area contributed by atoms with Crippen LogP contribution in [0.1, 0.15) is 13.8 Å². The number of sulfone groups is 2. The third kappa shape index (κ3) is 2.50. The van der Waals surface area contributed by atoms with Crippen LogP contribution in [0, 0.1) is 0 Å². The van der Waals surface area contributed by atoms with E-state index in [2.05, 4.69) is 15.2 Å². The highest BCUT2D eigenvalue weighted by molar-refractivity contribution is 7.94. The number of hydrogen-bond acceptors (Lipinski definition) is 7. The zero-order valence-electron chi connectivity index (χ0n) is 10.9. The molecule has 0 N–H and O–H groups in total. The minimum absolute atomic E-state index is 0.106. The summed E-state index contributed by atoms with van der Waals surface area (Å²) in [5.74, 6) is -0.442. The van der Waals surface area contributed by atoms with Crippen molar-refractivity contribution in [2.24, 2.45) is 0 Å². The Labute approximate surface area is 116 Å². The van der Waals surface area contributed by atoms with E-state index in [-0.39, 0.29) is 22.0 Å². The predicted molar refractivity (Wildman–Crippen MR) is 72.8 cm³/mol. The molecule has 2 rings (SSSR count). The molecule has 2 heterocycles. The molecule has 0 saturated heterocycles. The molecular formula is C11H13N3O4S2. The first kappa shape index (κ1) is 14.8. The van der Waals surface area contributed by atoms with Crippen LogP contribution in [-0.2, 0) is 19.7 Å². The minimum Gasteiger partial charge on any atom is -0.224 e. The van der Waals surface area contributed by atoms with E-state index in [0.717, 1.165) is 0 Å². The summed E-state index contributed by atoms with van der Waals surface area (Å²) in [7, 11) is -7.47. The van der Waals surface area contributed by atoms with Crippen molar-refractivity contribution in [2.45, 2.75) is 23.8 Å². The van der Waals surface area contributed by atoms with Gasteiger partial charge in [0.15, 0.2) is 30.3 Å². The number of fused-ring (bicyclic) bond motifs is 1. The molecule has 0 bridgehead atoms. The van der Waals surface area contributed by atoms with Gasteiger partial charge in [-0.15, -0.1) is 5.10 Å². The van der Waals surface area contributed by atoms with Crippen molar-refractivity contribution >= 4 is 30.7 Å². The van der Waals surface area contributed by atoms with Crippen LogP contribution in [0.5, 0.6) is 0 Å². The average molecular weight is 315 g/mol. The Bertz CT molecular complexity index is 788. The fraction of sp³-hybridized carbons (Fsp3) is 0.364. The van der Waals surface area contributed by atoms with E-state index in [1.165, 1.54) is 32.2 Å². The molecule has 0 aromatic carbocycles. The second kappa shape index (κ2) is 5.06. The summed E-state index contributed by atoms with van der Waals surface area (Å²) in [5, 5.41) is 7.32. The van der Waals surface area contributed by atoms with Gasteiger partial charge in [0.2, 0.25) is 0 Å². The van der Waals surface area contributed by atoms with Crippen LogP contribution < -0.4 is 0 Å². The highest BCUT2D eigenvalue weighted by Crippen LogP contribution is 2.24. The summed E-state index contributed by atoms with van der Waals surface area (Å²) in [6, 6.07) is 2.82. The molecule has 2 aromatic rings. The molecule has 7 nitrogen and oxygen atoms in total. The Morgan fingerprint density at radius 2 is 1.70 bits per heavy atom. The van der Waals surface area contributed by atoms with Gasteiger partial charge >= 0.3 is 0 Å². The molecule has 0 spiro atoms. The van der Waals surface area contributed by atoms with Gasteiger partial charge in [-0.05, 0) is 12.1 Å². The number of hydrogen-bond donors (Lipinski definition) is 0. The van der Waals surface area contributed by atoms with E-state index in [9.17, 15) is 16.8 Å². The molecule has 0 fully saturated rings. The maximum Gasteiger partial charge on any atom is 0.196 e. The molecule has 0 saturated carbocycles. The Morgan fingerprint density at radius 3 is 2.30 bits per heavy atom. The van der Waals surface area contributed by atoms with E-state index in [1.54, 1.807) is 0 Å². The molecular weight excluding hydrogens is 302 g/mol. The van der Waals surface area contributed by atoms with Crippen molar-refractivity contribution in [3.63, 3.8) is 0 Å². The van der Waals surface area contributed by atoms with Crippen LogP contribution in [0.3, 0.4) is 0 Å². The molecule has 0 aliphatic carbocycles. The van der Waals surface area contributed by atoms with Crippen molar-refractivity contribution in [1.29, 1.82) is 0 Å². The van der Waals surface area contributed by atoms with Gasteiger partial charge in [0.1, 0.15) is 4.90 Å². The first-order valence-corrected chi connectivity index (χ1v) is 9.20. The normalized spacial score (nSPS) is 12.7. The summed E-state index contributed by atoms with van der Waals surface area (Å²) in [4.78, 5) is 3.62. The molecule has 0 radical (unpaired) electrons. The van der Waals surface area contributed by atoms with Crippen LogP contribution in [-0.4, -0.2) is 43.5 Å². The van der Waals surface area contributed by atoms with E-state index in [0.29, 0.717) is 5.39 Å². The smallest absolute Gasteiger partial charge is 0.196 e. The molecule has 0 aliphatic rings. The van der Waals surface area contributed by atoms with Crippen molar-refractivity contribution < 1.29 is 16.8 Å². The predicted octanol–water partition coefficient (Wildman–Crippen LogP) is 0.612. The lowest BCUT2D eigenvalue weighted by molar-refractivity contribution is 0.579. The van der Waals surface area contributed by atoms with Gasteiger partial charge in [-0.25, -0.2) is 21.8 Å². The van der Waals surface area contributed by atoms with E-state index < -0.39 is 24.7 Å². The van der Waals surface area contributed by atoms with Crippen molar-refractivity contribution in [3.05, 3.63) is 18.3 Å². The summed E-state index contributed by atoms with van der Waals surface area (Å²) in [6.45, 7) is 2.88. The zero-order valence-corrected chi connectivity index (χ0v) is 12.6. The highest BCUT2D eigenvalue weighted by atomic mass is 32.2. The van der Waals surface area contributed by atoms with E-state index in [4.69, 9.17) is 0 Å². The maximum atomic E-state index is 12.1. The highest BCUT2D eigenvalue weighted by Gasteiger charge is 2.27. The van der Waals surface area contributed by atoms with Crippen LogP contribution in [0.25, 0.3) is 11.0 Å². The summed E-state index contributed by atoms with van der Waals surface area (Å²) in [6.07, 6.45) is 1.39. The van der Waals surface area contributed by atoms with Crippen LogP contribution >= 0.6 is 0 Å². The third-order valence-electron chi connectivity index (χ3n) is 2.83. The van der Waals surface area contributed by atoms with Crippen LogP contribution in [0.4, 0.5) is 0 Å².